The second-order valence-electron chi connectivity index (χ2n) is 4.13. The minimum Gasteiger partial charge on any atom is -0.478 e. The first kappa shape index (κ1) is 14.3. The van der Waals surface area contributed by atoms with Gasteiger partial charge in [0, 0.05) is 5.69 Å². The van der Waals surface area contributed by atoms with Gasteiger partial charge in [0.15, 0.2) is 5.76 Å². The highest BCUT2D eigenvalue weighted by atomic mass is 16.6. The van der Waals surface area contributed by atoms with Crippen LogP contribution in [0.4, 0.5) is 11.6 Å². The second-order valence-corrected chi connectivity index (χ2v) is 4.13. The Morgan fingerprint density at radius 1 is 1.29 bits per heavy atom. The molecule has 0 radical (unpaired) electrons. The molecule has 0 bridgehead atoms. The van der Waals surface area contributed by atoms with Crippen molar-refractivity contribution in [1.82, 2.24) is 0 Å². The van der Waals surface area contributed by atoms with Crippen molar-refractivity contribution in [2.45, 2.75) is 6.92 Å². The molecule has 0 fully saturated rings. The quantitative estimate of drug-likeness (QED) is 0.658. The number of carbonyl (C=O) groups is 2. The van der Waals surface area contributed by atoms with Gasteiger partial charge < -0.3 is 14.8 Å². The molecule has 0 saturated carbocycles. The number of nitro groups is 1. The van der Waals surface area contributed by atoms with Crippen LogP contribution in [0.5, 0.6) is 0 Å². The van der Waals surface area contributed by atoms with E-state index in [2.05, 4.69) is 5.32 Å². The number of aromatic carboxylic acids is 1. The van der Waals surface area contributed by atoms with E-state index < -0.39 is 22.7 Å². The third-order valence-corrected chi connectivity index (χ3v) is 2.81. The predicted molar refractivity (Wildman–Crippen MR) is 71.5 cm³/mol. The molecule has 0 aliphatic carbocycles. The van der Waals surface area contributed by atoms with E-state index in [1.807, 2.05) is 0 Å². The van der Waals surface area contributed by atoms with E-state index in [1.54, 1.807) is 6.92 Å². The van der Waals surface area contributed by atoms with Gasteiger partial charge in [-0.2, -0.15) is 0 Å². The number of hydrogen-bond donors (Lipinski definition) is 2. The summed E-state index contributed by atoms with van der Waals surface area (Å²) in [5.74, 6) is -2.59. The van der Waals surface area contributed by atoms with Gasteiger partial charge in [-0.1, -0.05) is 6.07 Å². The zero-order valence-corrected chi connectivity index (χ0v) is 10.8. The van der Waals surface area contributed by atoms with Gasteiger partial charge in [0.05, 0.1) is 11.6 Å². The topological polar surface area (TPSA) is 123 Å². The Labute approximate surface area is 118 Å². The highest BCUT2D eigenvalue weighted by molar-refractivity contribution is 6.03. The molecular formula is C13H10N2O6. The number of carboxylic acid groups (broad SMARTS) is 1. The number of hydrogen-bond acceptors (Lipinski definition) is 5. The van der Waals surface area contributed by atoms with Crippen LogP contribution in [-0.4, -0.2) is 21.9 Å². The van der Waals surface area contributed by atoms with E-state index in [0.717, 1.165) is 6.07 Å². The number of furan rings is 1. The molecule has 2 N–H and O–H groups in total. The summed E-state index contributed by atoms with van der Waals surface area (Å²) in [6, 6.07) is 6.65. The largest absolute Gasteiger partial charge is 0.478 e. The van der Waals surface area contributed by atoms with Crippen molar-refractivity contribution in [2.75, 3.05) is 5.32 Å². The van der Waals surface area contributed by atoms with Gasteiger partial charge in [0.2, 0.25) is 0 Å². The van der Waals surface area contributed by atoms with Crippen LogP contribution in [0.2, 0.25) is 0 Å². The average molecular weight is 290 g/mol. The summed E-state index contributed by atoms with van der Waals surface area (Å²) in [6.45, 7) is 1.55. The summed E-state index contributed by atoms with van der Waals surface area (Å²) >= 11 is 0. The molecule has 108 valence electrons. The summed E-state index contributed by atoms with van der Waals surface area (Å²) in [5.41, 5.74) is 0.719. The molecule has 1 aromatic carbocycles. The van der Waals surface area contributed by atoms with E-state index in [1.165, 1.54) is 24.3 Å². The van der Waals surface area contributed by atoms with Gasteiger partial charge in [-0.25, -0.2) is 4.79 Å². The Hall–Kier alpha value is -3.16. The Bertz CT molecular complexity index is 734. The maximum Gasteiger partial charge on any atom is 0.433 e. The Morgan fingerprint density at radius 3 is 2.57 bits per heavy atom. The van der Waals surface area contributed by atoms with E-state index in [-0.39, 0.29) is 11.3 Å². The van der Waals surface area contributed by atoms with Crippen LogP contribution in [0, 0.1) is 17.0 Å². The van der Waals surface area contributed by atoms with Crippen LogP contribution in [0.15, 0.2) is 34.7 Å². The van der Waals surface area contributed by atoms with Crippen LogP contribution in [0.3, 0.4) is 0 Å². The monoisotopic (exact) mass is 290 g/mol. The summed E-state index contributed by atoms with van der Waals surface area (Å²) in [7, 11) is 0. The predicted octanol–water partition coefficient (Wildman–Crippen LogP) is 2.45. The van der Waals surface area contributed by atoms with Crippen molar-refractivity contribution in [3.63, 3.8) is 0 Å². The standard InChI is InChI=1S/C13H10N2O6/c1-7-8(13(17)18)3-2-4-9(7)14-12(16)10-5-6-11(21-10)15(19)20/h2-6H,1H3,(H,14,16)(H,17,18). The molecule has 0 saturated heterocycles. The number of anilines is 1. The molecule has 1 heterocycles. The van der Waals surface area contributed by atoms with Crippen LogP contribution in [0.1, 0.15) is 26.5 Å². The molecule has 0 atom stereocenters. The maximum atomic E-state index is 11.9. The van der Waals surface area contributed by atoms with Gasteiger partial charge in [-0.15, -0.1) is 0 Å². The number of nitrogens with one attached hydrogen (secondary N) is 1. The lowest BCUT2D eigenvalue weighted by Crippen LogP contribution is -2.13. The first-order valence-corrected chi connectivity index (χ1v) is 5.78. The third kappa shape index (κ3) is 2.89. The van der Waals surface area contributed by atoms with Crippen molar-refractivity contribution >= 4 is 23.4 Å². The minimum atomic E-state index is -1.11. The van der Waals surface area contributed by atoms with Gasteiger partial charge in [0.25, 0.3) is 5.91 Å². The molecule has 0 spiro atoms. The average Bonchev–Trinajstić information content (AvgIpc) is 2.90. The summed E-state index contributed by atoms with van der Waals surface area (Å²) in [6.07, 6.45) is 0. The lowest BCUT2D eigenvalue weighted by molar-refractivity contribution is -0.402. The van der Waals surface area contributed by atoms with Crippen LogP contribution in [0.25, 0.3) is 0 Å². The van der Waals surface area contributed by atoms with Crippen LogP contribution >= 0.6 is 0 Å². The van der Waals surface area contributed by atoms with Gasteiger partial charge in [0.1, 0.15) is 4.92 Å². The zero-order chi connectivity index (χ0) is 15.6. The molecular weight excluding hydrogens is 280 g/mol. The Kier molecular flexibility index (Phi) is 3.70. The zero-order valence-electron chi connectivity index (χ0n) is 10.8. The van der Waals surface area contributed by atoms with Crippen molar-refractivity contribution < 1.29 is 24.0 Å². The maximum absolute atomic E-state index is 11.9. The molecule has 21 heavy (non-hydrogen) atoms. The Balaban J connectivity index is 2.25. The lowest BCUT2D eigenvalue weighted by Gasteiger charge is -2.09. The van der Waals surface area contributed by atoms with E-state index in [4.69, 9.17) is 9.52 Å². The van der Waals surface area contributed by atoms with Crippen molar-refractivity contribution in [3.05, 3.63) is 57.3 Å². The fourth-order valence-corrected chi connectivity index (χ4v) is 1.73. The smallest absolute Gasteiger partial charge is 0.433 e. The number of rotatable bonds is 4. The van der Waals surface area contributed by atoms with E-state index in [0.29, 0.717) is 11.3 Å². The lowest BCUT2D eigenvalue weighted by atomic mass is 10.1. The SMILES string of the molecule is Cc1c(NC(=O)c2ccc([N+](=O)[O-])o2)cccc1C(=O)O. The number of carboxylic acids is 1. The van der Waals surface area contributed by atoms with E-state index >= 15 is 0 Å². The van der Waals surface area contributed by atoms with E-state index in [9.17, 15) is 19.7 Å². The molecule has 8 heteroatoms. The fraction of sp³-hybridized carbons (Fsp3) is 0.0769. The third-order valence-electron chi connectivity index (χ3n) is 2.81. The molecule has 1 amide bonds. The number of amides is 1. The molecule has 2 rings (SSSR count). The first-order valence-electron chi connectivity index (χ1n) is 5.78. The normalized spacial score (nSPS) is 10.1. The Morgan fingerprint density at radius 2 is 2.00 bits per heavy atom. The van der Waals surface area contributed by atoms with Crippen molar-refractivity contribution in [1.29, 1.82) is 0 Å². The van der Waals surface area contributed by atoms with Gasteiger partial charge in [-0.3, -0.25) is 14.9 Å². The summed E-state index contributed by atoms with van der Waals surface area (Å²) in [4.78, 5) is 32.6. The van der Waals surface area contributed by atoms with Crippen LogP contribution < -0.4 is 5.32 Å². The molecule has 8 nitrogen and oxygen atoms in total. The number of benzene rings is 1. The van der Waals surface area contributed by atoms with Gasteiger partial charge >= 0.3 is 11.9 Å². The molecule has 0 unspecified atom stereocenters. The summed E-state index contributed by atoms with van der Waals surface area (Å²) < 4.78 is 4.77. The van der Waals surface area contributed by atoms with Crippen molar-refractivity contribution in [2.24, 2.45) is 0 Å². The van der Waals surface area contributed by atoms with Crippen LogP contribution in [-0.2, 0) is 0 Å². The first-order chi connectivity index (χ1) is 9.90. The number of nitrogens with zero attached hydrogens (tertiary/aromatic N) is 1. The second kappa shape index (κ2) is 5.45. The fourth-order valence-electron chi connectivity index (χ4n) is 1.73. The molecule has 0 aliphatic rings. The minimum absolute atomic E-state index is 0.0539. The molecule has 0 aliphatic heterocycles. The van der Waals surface area contributed by atoms with Gasteiger partial charge in [-0.05, 0) is 30.7 Å². The molecule has 2 aromatic rings. The number of carbonyl (C=O) groups excluding carboxylic acids is 1. The van der Waals surface area contributed by atoms with Crippen molar-refractivity contribution in [3.8, 4) is 0 Å². The molecule has 1 aromatic heterocycles. The highest BCUT2D eigenvalue weighted by Crippen LogP contribution is 2.21. The summed E-state index contributed by atoms with van der Waals surface area (Å²) in [5, 5.41) is 21.9. The highest BCUT2D eigenvalue weighted by Gasteiger charge is 2.18.